The molecule has 1 saturated heterocycles. The first-order chi connectivity index (χ1) is 12.8. The van der Waals surface area contributed by atoms with Crippen molar-refractivity contribution in [2.24, 2.45) is 0 Å². The van der Waals surface area contributed by atoms with Crippen molar-refractivity contribution in [3.05, 3.63) is 78.5 Å². The molecule has 26 heavy (non-hydrogen) atoms. The van der Waals surface area contributed by atoms with Crippen LogP contribution in [0.2, 0.25) is 0 Å². The molecule has 0 amide bonds. The smallest absolute Gasteiger partial charge is 0.0786 e. The van der Waals surface area contributed by atoms with Crippen molar-refractivity contribution in [2.45, 2.75) is 25.7 Å². The molecule has 132 valence electrons. The van der Waals surface area contributed by atoms with Crippen LogP contribution in [0.3, 0.4) is 0 Å². The van der Waals surface area contributed by atoms with Crippen LogP contribution in [0.1, 0.15) is 30.0 Å². The van der Waals surface area contributed by atoms with E-state index >= 15 is 0 Å². The Morgan fingerprint density at radius 2 is 1.81 bits per heavy atom. The molecule has 1 aromatic heterocycles. The Kier molecular flexibility index (Phi) is 4.85. The molecule has 0 radical (unpaired) electrons. The van der Waals surface area contributed by atoms with Crippen LogP contribution in [0.5, 0.6) is 0 Å². The number of likely N-dealkylation sites (tertiary alicyclic amines) is 1. The third kappa shape index (κ3) is 3.30. The molecular formula is C24H26N2. The summed E-state index contributed by atoms with van der Waals surface area (Å²) in [6, 6.07) is 19.5. The first kappa shape index (κ1) is 17.0. The van der Waals surface area contributed by atoms with Crippen LogP contribution >= 0.6 is 0 Å². The zero-order chi connectivity index (χ0) is 17.9. The topological polar surface area (TPSA) is 16.1 Å². The molecule has 0 atom stereocenters. The highest BCUT2D eigenvalue weighted by atomic mass is 15.1. The zero-order valence-electron chi connectivity index (χ0n) is 15.5. The van der Waals surface area contributed by atoms with E-state index in [1.165, 1.54) is 40.4 Å². The number of rotatable bonds is 4. The van der Waals surface area contributed by atoms with E-state index in [1.807, 2.05) is 6.08 Å². The van der Waals surface area contributed by atoms with Crippen molar-refractivity contribution >= 4 is 10.8 Å². The van der Waals surface area contributed by atoms with Crippen molar-refractivity contribution in [3.8, 4) is 11.3 Å². The van der Waals surface area contributed by atoms with Crippen LogP contribution in [0.15, 0.2) is 67.3 Å². The van der Waals surface area contributed by atoms with Gasteiger partial charge in [0.25, 0.3) is 0 Å². The highest BCUT2D eigenvalue weighted by molar-refractivity contribution is 5.95. The molecule has 0 aliphatic carbocycles. The highest BCUT2D eigenvalue weighted by Gasteiger charge is 2.22. The molecule has 0 spiro atoms. The number of nitrogens with zero attached hydrogens (tertiary/aromatic N) is 2. The summed E-state index contributed by atoms with van der Waals surface area (Å²) in [6.45, 7) is 9.29. The SMILES string of the molecule is C=CCN1CCC(c2cc3ccccc3c(-c3ccccc3C)n2)CC1. The summed E-state index contributed by atoms with van der Waals surface area (Å²) < 4.78 is 0. The average Bonchev–Trinajstić information content (AvgIpc) is 2.68. The standard InChI is InChI=1S/C24H26N2/c1-3-14-26-15-12-19(13-16-26)23-17-20-9-5-7-11-22(20)24(25-23)21-10-6-4-8-18(21)2/h3-11,17,19H,1,12-16H2,2H3. The van der Waals surface area contributed by atoms with Gasteiger partial charge in [-0.3, -0.25) is 9.88 Å². The number of hydrogen-bond donors (Lipinski definition) is 0. The van der Waals surface area contributed by atoms with E-state index < -0.39 is 0 Å². The van der Waals surface area contributed by atoms with E-state index in [0.29, 0.717) is 5.92 Å². The van der Waals surface area contributed by atoms with Crippen molar-refractivity contribution in [3.63, 3.8) is 0 Å². The summed E-state index contributed by atoms with van der Waals surface area (Å²) in [7, 11) is 0. The molecule has 0 bridgehead atoms. The Bertz CT molecular complexity index is 920. The Morgan fingerprint density at radius 3 is 2.58 bits per heavy atom. The van der Waals surface area contributed by atoms with Crippen LogP contribution in [0.25, 0.3) is 22.0 Å². The normalized spacial score (nSPS) is 16.0. The minimum absolute atomic E-state index is 0.545. The molecule has 1 aliphatic heterocycles. The van der Waals surface area contributed by atoms with Crippen molar-refractivity contribution in [1.29, 1.82) is 0 Å². The zero-order valence-corrected chi connectivity index (χ0v) is 15.5. The van der Waals surface area contributed by atoms with E-state index in [1.54, 1.807) is 0 Å². The number of aromatic nitrogens is 1. The van der Waals surface area contributed by atoms with Gasteiger partial charge in [0.2, 0.25) is 0 Å². The lowest BCUT2D eigenvalue weighted by molar-refractivity contribution is 0.231. The number of piperidine rings is 1. The van der Waals surface area contributed by atoms with Gasteiger partial charge >= 0.3 is 0 Å². The fourth-order valence-electron chi connectivity index (χ4n) is 4.07. The van der Waals surface area contributed by atoms with Gasteiger partial charge < -0.3 is 0 Å². The van der Waals surface area contributed by atoms with Crippen LogP contribution in [0.4, 0.5) is 0 Å². The van der Waals surface area contributed by atoms with E-state index in [-0.39, 0.29) is 0 Å². The summed E-state index contributed by atoms with van der Waals surface area (Å²) >= 11 is 0. The molecule has 1 aliphatic rings. The Labute approximate surface area is 156 Å². The minimum Gasteiger partial charge on any atom is -0.300 e. The second-order valence-electron chi connectivity index (χ2n) is 7.30. The van der Waals surface area contributed by atoms with Crippen molar-refractivity contribution in [1.82, 2.24) is 9.88 Å². The molecule has 1 fully saturated rings. The van der Waals surface area contributed by atoms with Gasteiger partial charge in [0.05, 0.1) is 5.69 Å². The maximum Gasteiger partial charge on any atom is 0.0786 e. The van der Waals surface area contributed by atoms with Crippen molar-refractivity contribution < 1.29 is 0 Å². The van der Waals surface area contributed by atoms with Gasteiger partial charge in [0.1, 0.15) is 0 Å². The summed E-state index contributed by atoms with van der Waals surface area (Å²) in [5.74, 6) is 0.545. The van der Waals surface area contributed by atoms with Gasteiger partial charge in [0.15, 0.2) is 0 Å². The number of fused-ring (bicyclic) bond motifs is 1. The second-order valence-corrected chi connectivity index (χ2v) is 7.30. The maximum atomic E-state index is 5.19. The van der Waals surface area contributed by atoms with Gasteiger partial charge in [-0.15, -0.1) is 6.58 Å². The lowest BCUT2D eigenvalue weighted by Crippen LogP contribution is -2.33. The van der Waals surface area contributed by atoms with Gasteiger partial charge in [0, 0.05) is 29.1 Å². The van der Waals surface area contributed by atoms with Crippen LogP contribution < -0.4 is 0 Å². The first-order valence-corrected chi connectivity index (χ1v) is 9.55. The Hall–Kier alpha value is -2.45. The predicted molar refractivity (Wildman–Crippen MR) is 111 cm³/mol. The number of benzene rings is 2. The average molecular weight is 342 g/mol. The fourth-order valence-corrected chi connectivity index (χ4v) is 4.07. The predicted octanol–water partition coefficient (Wildman–Crippen LogP) is 5.58. The summed E-state index contributed by atoms with van der Waals surface area (Å²) in [5.41, 5.74) is 4.91. The van der Waals surface area contributed by atoms with E-state index in [9.17, 15) is 0 Å². The molecule has 0 unspecified atom stereocenters. The third-order valence-electron chi connectivity index (χ3n) is 5.55. The molecular weight excluding hydrogens is 316 g/mol. The number of hydrogen-bond acceptors (Lipinski definition) is 2. The Balaban J connectivity index is 1.76. The van der Waals surface area contributed by atoms with Gasteiger partial charge in [-0.05, 0) is 49.9 Å². The van der Waals surface area contributed by atoms with E-state index in [2.05, 4.69) is 73.0 Å². The lowest BCUT2D eigenvalue weighted by atomic mass is 9.90. The highest BCUT2D eigenvalue weighted by Crippen LogP contribution is 2.34. The van der Waals surface area contributed by atoms with Crippen LogP contribution in [-0.2, 0) is 0 Å². The van der Waals surface area contributed by atoms with Gasteiger partial charge in [-0.2, -0.15) is 0 Å². The monoisotopic (exact) mass is 342 g/mol. The van der Waals surface area contributed by atoms with E-state index in [0.717, 1.165) is 25.3 Å². The van der Waals surface area contributed by atoms with Gasteiger partial charge in [-0.1, -0.05) is 54.6 Å². The molecule has 2 nitrogen and oxygen atoms in total. The number of pyridine rings is 1. The molecule has 2 heteroatoms. The van der Waals surface area contributed by atoms with E-state index in [4.69, 9.17) is 4.98 Å². The molecule has 3 aromatic rings. The fraction of sp³-hybridized carbons (Fsp3) is 0.292. The minimum atomic E-state index is 0.545. The molecule has 4 rings (SSSR count). The quantitative estimate of drug-likeness (QED) is 0.576. The lowest BCUT2D eigenvalue weighted by Gasteiger charge is -2.31. The molecule has 0 saturated carbocycles. The van der Waals surface area contributed by atoms with Crippen molar-refractivity contribution in [2.75, 3.05) is 19.6 Å². The third-order valence-corrected chi connectivity index (χ3v) is 5.55. The maximum absolute atomic E-state index is 5.19. The Morgan fingerprint density at radius 1 is 1.08 bits per heavy atom. The molecule has 2 heterocycles. The largest absolute Gasteiger partial charge is 0.300 e. The first-order valence-electron chi connectivity index (χ1n) is 9.55. The summed E-state index contributed by atoms with van der Waals surface area (Å²) in [5, 5.41) is 2.54. The summed E-state index contributed by atoms with van der Waals surface area (Å²) in [6.07, 6.45) is 4.35. The summed E-state index contributed by atoms with van der Waals surface area (Å²) in [4.78, 5) is 7.67. The second kappa shape index (κ2) is 7.43. The molecule has 0 N–H and O–H groups in total. The molecule has 2 aromatic carbocycles. The number of aryl methyl sites for hydroxylation is 1. The van der Waals surface area contributed by atoms with Crippen LogP contribution in [0, 0.1) is 6.92 Å². The van der Waals surface area contributed by atoms with Gasteiger partial charge in [-0.25, -0.2) is 0 Å². The van der Waals surface area contributed by atoms with Crippen LogP contribution in [-0.4, -0.2) is 29.5 Å².